The number of esters is 1. The Kier molecular flexibility index (Phi) is 10.5. The number of hydrogen-bond acceptors (Lipinski definition) is 6. The summed E-state index contributed by atoms with van der Waals surface area (Å²) in [7, 11) is 0. The van der Waals surface area contributed by atoms with E-state index in [1.165, 1.54) is 4.90 Å². The van der Waals surface area contributed by atoms with Gasteiger partial charge < -0.3 is 24.4 Å². The maximum atomic E-state index is 14.6. The Morgan fingerprint density at radius 3 is 2.63 bits per heavy atom. The molecule has 4 unspecified atom stereocenters. The highest BCUT2D eigenvalue weighted by atomic mass is 79.9. The van der Waals surface area contributed by atoms with Crippen LogP contribution < -0.4 is 0 Å². The molecule has 8 atom stereocenters. The van der Waals surface area contributed by atoms with Gasteiger partial charge in [0.1, 0.15) is 11.6 Å². The minimum Gasteiger partial charge on any atom is -0.465 e. The summed E-state index contributed by atoms with van der Waals surface area (Å²) in [4.78, 5) is 45.7. The summed E-state index contributed by atoms with van der Waals surface area (Å²) in [5, 5.41) is 10.7. The number of aliphatic hydroxyl groups is 1. The minimum atomic E-state index is -1.23. The molecule has 2 amide bonds. The van der Waals surface area contributed by atoms with Crippen LogP contribution in [0, 0.1) is 11.8 Å². The number of benzene rings is 1. The summed E-state index contributed by atoms with van der Waals surface area (Å²) >= 11 is 3.71. The number of rotatable bonds is 15. The second-order valence-corrected chi connectivity index (χ2v) is 12.6. The van der Waals surface area contributed by atoms with Crippen LogP contribution in [-0.2, 0) is 23.9 Å². The van der Waals surface area contributed by atoms with Crippen molar-refractivity contribution < 1.29 is 29.0 Å². The van der Waals surface area contributed by atoms with Gasteiger partial charge in [-0.3, -0.25) is 14.4 Å². The van der Waals surface area contributed by atoms with Crippen LogP contribution in [0.2, 0.25) is 0 Å². The van der Waals surface area contributed by atoms with E-state index in [9.17, 15) is 19.5 Å². The molecule has 4 rings (SSSR count). The predicted octanol–water partition coefficient (Wildman–Crippen LogP) is 4.57. The SMILES string of the molecule is C=CCCCCOC(=O)[C@H]1[C@@H]2OC3(CC2Br)C(C(=O)N(CC=C)C(C)CCC)N([C@H](CO)c2ccccc2)C(=O)[C@H]13. The van der Waals surface area contributed by atoms with Gasteiger partial charge in [0.2, 0.25) is 11.8 Å². The molecular weight excluding hydrogens is 588 g/mol. The third-order valence-corrected chi connectivity index (χ3v) is 9.67. The number of alkyl halides is 1. The number of carbonyl (C=O) groups excluding carboxylic acids is 3. The highest BCUT2D eigenvalue weighted by Gasteiger charge is 2.77. The van der Waals surface area contributed by atoms with Crippen molar-refractivity contribution in [3.05, 3.63) is 61.2 Å². The first kappa shape index (κ1) is 31.4. The molecule has 8 nitrogen and oxygen atoms in total. The Bertz CT molecular complexity index is 1110. The van der Waals surface area contributed by atoms with Gasteiger partial charge in [0, 0.05) is 17.4 Å². The number of likely N-dealkylation sites (tertiary alicyclic amines) is 1. The Hall–Kier alpha value is -2.49. The molecule has 1 N–H and O–H groups in total. The molecule has 41 heavy (non-hydrogen) atoms. The lowest BCUT2D eigenvalue weighted by Crippen LogP contribution is -2.58. The molecule has 3 aliphatic rings. The highest BCUT2D eigenvalue weighted by molar-refractivity contribution is 9.09. The van der Waals surface area contributed by atoms with E-state index >= 15 is 0 Å². The van der Waals surface area contributed by atoms with Gasteiger partial charge in [-0.05, 0) is 44.6 Å². The van der Waals surface area contributed by atoms with Gasteiger partial charge >= 0.3 is 5.97 Å². The molecule has 3 aliphatic heterocycles. The Morgan fingerprint density at radius 1 is 1.27 bits per heavy atom. The summed E-state index contributed by atoms with van der Waals surface area (Å²) in [6.45, 7) is 11.8. The van der Waals surface area contributed by atoms with Crippen molar-refractivity contribution in [3.8, 4) is 0 Å². The Balaban J connectivity index is 1.76. The van der Waals surface area contributed by atoms with Gasteiger partial charge in [0.15, 0.2) is 0 Å². The maximum Gasteiger partial charge on any atom is 0.312 e. The summed E-state index contributed by atoms with van der Waals surface area (Å²) in [5.74, 6) is -2.83. The zero-order chi connectivity index (χ0) is 29.7. The van der Waals surface area contributed by atoms with Crippen molar-refractivity contribution >= 4 is 33.7 Å². The van der Waals surface area contributed by atoms with E-state index < -0.39 is 41.6 Å². The van der Waals surface area contributed by atoms with Crippen LogP contribution in [0.4, 0.5) is 0 Å². The van der Waals surface area contributed by atoms with E-state index in [-0.39, 0.29) is 35.9 Å². The van der Waals surface area contributed by atoms with Gasteiger partial charge in [-0.15, -0.1) is 13.2 Å². The molecule has 0 radical (unpaired) electrons. The van der Waals surface area contributed by atoms with Crippen molar-refractivity contribution in [3.63, 3.8) is 0 Å². The Labute approximate surface area is 251 Å². The third-order valence-electron chi connectivity index (χ3n) is 8.82. The Morgan fingerprint density at radius 2 is 2.00 bits per heavy atom. The van der Waals surface area contributed by atoms with Crippen molar-refractivity contribution in [1.29, 1.82) is 0 Å². The second-order valence-electron chi connectivity index (χ2n) is 11.4. The maximum absolute atomic E-state index is 14.6. The summed E-state index contributed by atoms with van der Waals surface area (Å²) in [6, 6.07) is 7.31. The number of amides is 2. The zero-order valence-electron chi connectivity index (χ0n) is 24.1. The first-order chi connectivity index (χ1) is 19.8. The van der Waals surface area contributed by atoms with Crippen molar-refractivity contribution in [1.82, 2.24) is 9.80 Å². The molecule has 1 spiro atoms. The number of allylic oxidation sites excluding steroid dienone is 1. The number of ether oxygens (including phenoxy) is 2. The van der Waals surface area contributed by atoms with Gasteiger partial charge in [0.05, 0.1) is 37.2 Å². The van der Waals surface area contributed by atoms with E-state index in [2.05, 4.69) is 36.0 Å². The van der Waals surface area contributed by atoms with Crippen LogP contribution in [0.5, 0.6) is 0 Å². The summed E-state index contributed by atoms with van der Waals surface area (Å²) in [6.07, 6.45) is 7.36. The lowest BCUT2D eigenvalue weighted by Gasteiger charge is -2.41. The molecule has 0 aromatic heterocycles. The predicted molar refractivity (Wildman–Crippen MR) is 160 cm³/mol. The number of hydrogen-bond donors (Lipinski definition) is 1. The molecule has 0 saturated carbocycles. The van der Waals surface area contributed by atoms with Crippen LogP contribution in [0.1, 0.15) is 64.0 Å². The largest absolute Gasteiger partial charge is 0.465 e. The molecule has 3 saturated heterocycles. The fraction of sp³-hybridized carbons (Fsp3) is 0.594. The minimum absolute atomic E-state index is 0.100. The van der Waals surface area contributed by atoms with Crippen LogP contribution in [-0.4, -0.2) is 81.1 Å². The molecule has 1 aromatic rings. The van der Waals surface area contributed by atoms with Crippen molar-refractivity contribution in [2.24, 2.45) is 11.8 Å². The molecule has 224 valence electrons. The fourth-order valence-electron chi connectivity index (χ4n) is 7.00. The first-order valence-electron chi connectivity index (χ1n) is 14.8. The van der Waals surface area contributed by atoms with Crippen molar-refractivity contribution in [2.75, 3.05) is 19.8 Å². The summed E-state index contributed by atoms with van der Waals surface area (Å²) in [5.41, 5.74) is -0.520. The zero-order valence-corrected chi connectivity index (χ0v) is 25.7. The van der Waals surface area contributed by atoms with E-state index in [0.29, 0.717) is 24.9 Å². The van der Waals surface area contributed by atoms with Gasteiger partial charge in [-0.1, -0.05) is 71.8 Å². The fourth-order valence-corrected chi connectivity index (χ4v) is 7.94. The van der Waals surface area contributed by atoms with Gasteiger partial charge in [-0.2, -0.15) is 0 Å². The van der Waals surface area contributed by atoms with E-state index in [1.54, 1.807) is 11.0 Å². The van der Waals surface area contributed by atoms with E-state index in [1.807, 2.05) is 43.3 Å². The monoisotopic (exact) mass is 630 g/mol. The average Bonchev–Trinajstić information content (AvgIpc) is 3.56. The number of carbonyl (C=O) groups is 3. The molecule has 1 aromatic carbocycles. The number of nitrogens with zero attached hydrogens (tertiary/aromatic N) is 2. The van der Waals surface area contributed by atoms with Crippen LogP contribution in [0.25, 0.3) is 0 Å². The number of fused-ring (bicyclic) bond motifs is 1. The standard InChI is InChI=1S/C32H43BrN2O6/c1-5-8-9-13-18-40-31(39)25-26-29(37)35(24(20-36)22-15-11-10-12-16-22)28(32(26)19-23(33)27(25)41-32)30(38)34(17-7-3)21(4)14-6-2/h5,7,10-12,15-16,21,23-28,36H,1,3,6,8-9,13-14,17-20H2,2,4H3/t21?,23?,24-,25-,26+,27-,28?,32?/m1/s1. The molecule has 2 bridgehead atoms. The quantitative estimate of drug-likeness (QED) is 0.132. The summed E-state index contributed by atoms with van der Waals surface area (Å²) < 4.78 is 12.3. The second kappa shape index (κ2) is 13.7. The molecule has 3 heterocycles. The smallest absolute Gasteiger partial charge is 0.312 e. The topological polar surface area (TPSA) is 96.4 Å². The van der Waals surface area contributed by atoms with Gasteiger partial charge in [0.25, 0.3) is 0 Å². The first-order valence-corrected chi connectivity index (χ1v) is 15.7. The lowest BCUT2D eigenvalue weighted by molar-refractivity contribution is -0.157. The van der Waals surface area contributed by atoms with E-state index in [0.717, 1.165) is 25.7 Å². The average molecular weight is 632 g/mol. The highest BCUT2D eigenvalue weighted by Crippen LogP contribution is 2.61. The van der Waals surface area contributed by atoms with E-state index in [4.69, 9.17) is 9.47 Å². The van der Waals surface area contributed by atoms with Crippen molar-refractivity contribution in [2.45, 2.75) is 87.0 Å². The van der Waals surface area contributed by atoms with Gasteiger partial charge in [-0.25, -0.2) is 0 Å². The van der Waals surface area contributed by atoms with Crippen LogP contribution >= 0.6 is 15.9 Å². The number of halogens is 1. The normalized spacial score (nSPS) is 29.6. The van der Waals surface area contributed by atoms with Crippen LogP contribution in [0.15, 0.2) is 55.6 Å². The molecule has 0 aliphatic carbocycles. The number of unbranched alkanes of at least 4 members (excludes halogenated alkanes) is 2. The number of aliphatic hydroxyl groups excluding tert-OH is 1. The molecule has 9 heteroatoms. The molecular formula is C32H43BrN2O6. The van der Waals surface area contributed by atoms with Crippen LogP contribution in [0.3, 0.4) is 0 Å². The third kappa shape index (κ3) is 5.77. The lowest BCUT2D eigenvalue weighted by atomic mass is 9.70. The molecule has 3 fully saturated rings.